The molecule has 0 saturated heterocycles. The number of nitrogens with zero attached hydrogens (tertiary/aromatic N) is 3. The molecule has 6 radical (unpaired) electrons. The van der Waals surface area contributed by atoms with Gasteiger partial charge in [-0.1, -0.05) is 72.8 Å². The molecule has 0 atom stereocenters. The Balaban J connectivity index is 0.000000223. The maximum absolute atomic E-state index is 9.31. The van der Waals surface area contributed by atoms with Crippen molar-refractivity contribution in [3.8, 4) is 17.2 Å². The molecule has 0 spiro atoms. The van der Waals surface area contributed by atoms with Crippen molar-refractivity contribution in [2.24, 2.45) is 0 Å². The standard InChI is InChI=1S/3C9H7NO.3C5H6O.2Al/c3*11-8-5-1-3-7-4-2-6-10-9(7)8;3*1-2-4-6-5-3-1;;/h3*1-6,11H;3*1-4H,5H2;;. The molecule has 53 heavy (non-hydrogen) atoms. The maximum atomic E-state index is 9.31. The van der Waals surface area contributed by atoms with Crippen LogP contribution in [0.5, 0.6) is 17.2 Å². The number of ether oxygens (including phenoxy) is 3. The molecule has 0 aliphatic carbocycles. The number of rotatable bonds is 0. The van der Waals surface area contributed by atoms with Crippen LogP contribution in [0.4, 0.5) is 0 Å². The lowest BCUT2D eigenvalue weighted by Gasteiger charge is -1.96. The second kappa shape index (κ2) is 26.0. The molecule has 0 saturated carbocycles. The number of phenols is 3. The number of hydrogen-bond acceptors (Lipinski definition) is 9. The van der Waals surface area contributed by atoms with Gasteiger partial charge >= 0.3 is 0 Å². The Morgan fingerprint density at radius 3 is 0.849 bits per heavy atom. The fourth-order valence-electron chi connectivity index (χ4n) is 4.30. The van der Waals surface area contributed by atoms with Crippen molar-refractivity contribution >= 4 is 67.4 Å². The van der Waals surface area contributed by atoms with Crippen LogP contribution in [0, 0.1) is 0 Å². The quantitative estimate of drug-likeness (QED) is 0.132. The molecule has 3 aliphatic rings. The van der Waals surface area contributed by atoms with Gasteiger partial charge in [0.2, 0.25) is 0 Å². The molecule has 9 nitrogen and oxygen atoms in total. The summed E-state index contributed by atoms with van der Waals surface area (Å²) < 4.78 is 14.4. The lowest BCUT2D eigenvalue weighted by atomic mass is 10.2. The molecule has 9 rings (SSSR count). The molecule has 6 heterocycles. The third-order valence-corrected chi connectivity index (χ3v) is 6.68. The van der Waals surface area contributed by atoms with E-state index in [-0.39, 0.29) is 52.0 Å². The van der Waals surface area contributed by atoms with Crippen molar-refractivity contribution in [1.29, 1.82) is 0 Å². The van der Waals surface area contributed by atoms with Crippen molar-refractivity contribution in [2.75, 3.05) is 19.8 Å². The minimum Gasteiger partial charge on any atom is -0.506 e. The summed E-state index contributed by atoms with van der Waals surface area (Å²) in [6, 6.07) is 27.4. The Kier molecular flexibility index (Phi) is 21.3. The second-order valence-electron chi connectivity index (χ2n) is 10.3. The van der Waals surface area contributed by atoms with Gasteiger partial charge in [-0.25, -0.2) is 0 Å². The first-order chi connectivity index (χ1) is 25.1. The summed E-state index contributed by atoms with van der Waals surface area (Å²) in [6.45, 7) is 2.20. The number of fused-ring (bicyclic) bond motifs is 3. The van der Waals surface area contributed by atoms with E-state index in [2.05, 4.69) is 15.0 Å². The van der Waals surface area contributed by atoms with Crippen LogP contribution in [-0.2, 0) is 14.2 Å². The third-order valence-electron chi connectivity index (χ3n) is 6.68. The highest BCUT2D eigenvalue weighted by molar-refractivity contribution is 5.85. The highest BCUT2D eigenvalue weighted by Crippen LogP contribution is 2.22. The first kappa shape index (κ1) is 43.4. The van der Waals surface area contributed by atoms with Crippen molar-refractivity contribution in [2.45, 2.75) is 0 Å². The summed E-state index contributed by atoms with van der Waals surface area (Å²) in [5.74, 6) is 0.717. The summed E-state index contributed by atoms with van der Waals surface area (Å²) in [5.41, 5.74) is 1.99. The van der Waals surface area contributed by atoms with Gasteiger partial charge in [-0.3, -0.25) is 15.0 Å². The largest absolute Gasteiger partial charge is 0.506 e. The molecule has 6 aromatic rings. The van der Waals surface area contributed by atoms with Crippen molar-refractivity contribution in [1.82, 2.24) is 15.0 Å². The molecule has 3 N–H and O–H groups in total. The number of phenolic OH excluding ortho intramolecular Hbond substituents is 3. The van der Waals surface area contributed by atoms with Gasteiger partial charge in [0.25, 0.3) is 0 Å². The van der Waals surface area contributed by atoms with E-state index in [1.54, 1.807) is 73.8 Å². The number of benzene rings is 3. The number of aromatic nitrogens is 3. The third kappa shape index (κ3) is 16.0. The Hall–Kier alpha value is -5.81. The van der Waals surface area contributed by atoms with Gasteiger partial charge in [0.15, 0.2) is 0 Å². The first-order valence-corrected chi connectivity index (χ1v) is 16.0. The predicted octanol–water partition coefficient (Wildman–Crippen LogP) is 8.32. The Labute approximate surface area is 330 Å². The van der Waals surface area contributed by atoms with Crippen LogP contribution in [0.1, 0.15) is 0 Å². The molecule has 3 aliphatic heterocycles. The molecular formula is C42H39Al2N3O6. The Bertz CT molecular complexity index is 1840. The van der Waals surface area contributed by atoms with Gasteiger partial charge in [0, 0.05) is 69.5 Å². The lowest BCUT2D eigenvalue weighted by Crippen LogP contribution is -1.82. The zero-order valence-corrected chi connectivity index (χ0v) is 31.3. The van der Waals surface area contributed by atoms with Crippen LogP contribution in [-0.4, -0.2) is 84.8 Å². The lowest BCUT2D eigenvalue weighted by molar-refractivity contribution is 0.286. The molecular weight excluding hydrogens is 696 g/mol. The van der Waals surface area contributed by atoms with Crippen LogP contribution in [0.2, 0.25) is 0 Å². The van der Waals surface area contributed by atoms with Crippen molar-refractivity contribution in [3.05, 3.63) is 183 Å². The summed E-state index contributed by atoms with van der Waals surface area (Å²) in [4.78, 5) is 12.1. The van der Waals surface area contributed by atoms with E-state index in [0.717, 1.165) is 36.0 Å². The monoisotopic (exact) mass is 735 g/mol. The normalized spacial score (nSPS) is 12.2. The highest BCUT2D eigenvalue weighted by atomic mass is 27.0. The summed E-state index contributed by atoms with van der Waals surface area (Å²) in [5, 5.41) is 30.8. The van der Waals surface area contributed by atoms with Crippen LogP contribution in [0.15, 0.2) is 183 Å². The first-order valence-electron chi connectivity index (χ1n) is 16.0. The van der Waals surface area contributed by atoms with Gasteiger partial charge in [-0.05, 0) is 72.9 Å². The van der Waals surface area contributed by atoms with E-state index in [9.17, 15) is 15.3 Å². The number of pyridine rings is 3. The maximum Gasteiger partial charge on any atom is 0.141 e. The summed E-state index contributed by atoms with van der Waals surface area (Å²) in [6.07, 6.45) is 27.4. The number of hydrogen-bond donors (Lipinski definition) is 3. The molecule has 11 heteroatoms. The fourth-order valence-corrected chi connectivity index (χ4v) is 4.30. The average Bonchev–Trinajstić information content (AvgIpc) is 3.22. The predicted molar refractivity (Wildman–Crippen MR) is 214 cm³/mol. The molecule has 0 unspecified atom stereocenters. The smallest absolute Gasteiger partial charge is 0.141 e. The van der Waals surface area contributed by atoms with Crippen LogP contribution in [0.25, 0.3) is 32.7 Å². The highest BCUT2D eigenvalue weighted by Gasteiger charge is 1.98. The molecule has 3 aromatic heterocycles. The van der Waals surface area contributed by atoms with Gasteiger partial charge in [-0.15, -0.1) is 0 Å². The topological polar surface area (TPSA) is 127 Å². The van der Waals surface area contributed by atoms with E-state index >= 15 is 0 Å². The second-order valence-corrected chi connectivity index (χ2v) is 10.3. The summed E-state index contributed by atoms with van der Waals surface area (Å²) >= 11 is 0. The van der Waals surface area contributed by atoms with E-state index in [1.165, 1.54) is 0 Å². The number of para-hydroxylation sites is 3. The minimum absolute atomic E-state index is 0. The molecule has 3 aromatic carbocycles. The molecule has 264 valence electrons. The van der Waals surface area contributed by atoms with E-state index < -0.39 is 0 Å². The van der Waals surface area contributed by atoms with Gasteiger partial charge in [0.1, 0.15) is 53.6 Å². The van der Waals surface area contributed by atoms with Gasteiger partial charge in [-0.2, -0.15) is 0 Å². The van der Waals surface area contributed by atoms with Crippen molar-refractivity contribution < 1.29 is 29.5 Å². The Morgan fingerprint density at radius 1 is 0.377 bits per heavy atom. The van der Waals surface area contributed by atoms with E-state index in [4.69, 9.17) is 14.2 Å². The average molecular weight is 736 g/mol. The molecule has 0 bridgehead atoms. The minimum atomic E-state index is 0. The van der Waals surface area contributed by atoms with Crippen LogP contribution < -0.4 is 0 Å². The van der Waals surface area contributed by atoms with Crippen LogP contribution >= 0.6 is 0 Å². The zero-order chi connectivity index (χ0) is 35.8. The number of allylic oxidation sites excluding steroid dienone is 6. The molecule has 0 fully saturated rings. The number of aromatic hydroxyl groups is 3. The van der Waals surface area contributed by atoms with Gasteiger partial charge in [0.05, 0.1) is 18.8 Å². The van der Waals surface area contributed by atoms with Gasteiger partial charge < -0.3 is 29.5 Å². The SMILES string of the molecule is C1=CCOC=C1.C1=CCOC=C1.C1=CCOC=C1.Oc1cccc2cccnc12.Oc1cccc2cccnc12.Oc1cccc2cccnc12.[Al].[Al]. The zero-order valence-electron chi connectivity index (χ0n) is 29.0. The van der Waals surface area contributed by atoms with E-state index in [0.29, 0.717) is 16.6 Å². The van der Waals surface area contributed by atoms with Crippen LogP contribution in [0.3, 0.4) is 0 Å². The molecule has 0 amide bonds. The summed E-state index contributed by atoms with van der Waals surface area (Å²) in [7, 11) is 0. The Morgan fingerprint density at radius 2 is 0.660 bits per heavy atom. The fraction of sp³-hybridized carbons (Fsp3) is 0.0714. The van der Waals surface area contributed by atoms with E-state index in [1.807, 2.05) is 109 Å². The van der Waals surface area contributed by atoms with Crippen molar-refractivity contribution in [3.63, 3.8) is 0 Å².